The number of amides is 1. The van der Waals surface area contributed by atoms with Crippen LogP contribution in [0.5, 0.6) is 0 Å². The molecule has 2 rings (SSSR count). The molecular formula is C11H16Cl2N4O. The quantitative estimate of drug-likeness (QED) is 0.888. The highest BCUT2D eigenvalue weighted by molar-refractivity contribution is 5.85. The number of imidazole rings is 1. The molecule has 0 aliphatic carbocycles. The Morgan fingerprint density at radius 2 is 2.17 bits per heavy atom. The summed E-state index contributed by atoms with van der Waals surface area (Å²) in [6, 6.07) is 5.90. The van der Waals surface area contributed by atoms with Crippen LogP contribution >= 0.6 is 24.8 Å². The summed E-state index contributed by atoms with van der Waals surface area (Å²) in [5.41, 5.74) is 8.03. The van der Waals surface area contributed by atoms with Crippen LogP contribution < -0.4 is 11.1 Å². The molecule has 0 spiro atoms. The number of nitrogens with two attached hydrogens (primary N) is 1. The molecule has 0 unspecified atom stereocenters. The van der Waals surface area contributed by atoms with Gasteiger partial charge in [0.1, 0.15) is 5.65 Å². The van der Waals surface area contributed by atoms with Crippen LogP contribution in [0.25, 0.3) is 5.65 Å². The predicted octanol–water partition coefficient (Wildman–Crippen LogP) is 1.06. The van der Waals surface area contributed by atoms with Gasteiger partial charge in [0.2, 0.25) is 5.91 Å². The smallest absolute Gasteiger partial charge is 0.234 e. The molecule has 1 amide bonds. The van der Waals surface area contributed by atoms with Crippen LogP contribution in [-0.2, 0) is 11.3 Å². The molecule has 0 atom stereocenters. The molecule has 100 valence electrons. The van der Waals surface area contributed by atoms with Crippen LogP contribution in [0.4, 0.5) is 0 Å². The zero-order valence-corrected chi connectivity index (χ0v) is 11.6. The van der Waals surface area contributed by atoms with Gasteiger partial charge in [0.05, 0.1) is 18.8 Å². The van der Waals surface area contributed by atoms with Gasteiger partial charge < -0.3 is 15.5 Å². The van der Waals surface area contributed by atoms with Crippen molar-refractivity contribution in [2.75, 3.05) is 6.54 Å². The Bertz CT molecular complexity index is 527. The third kappa shape index (κ3) is 3.60. The molecule has 2 aromatic heterocycles. The molecule has 5 nitrogen and oxygen atoms in total. The minimum absolute atomic E-state index is 0. The Labute approximate surface area is 118 Å². The van der Waals surface area contributed by atoms with E-state index in [1.807, 2.05) is 35.7 Å². The predicted molar refractivity (Wildman–Crippen MR) is 75.3 cm³/mol. The molecule has 0 saturated heterocycles. The molecule has 0 fully saturated rings. The molecule has 0 aliphatic heterocycles. The summed E-state index contributed by atoms with van der Waals surface area (Å²) in [5.74, 6) is -0.172. The molecule has 2 aromatic rings. The highest BCUT2D eigenvalue weighted by Gasteiger charge is 2.04. The minimum atomic E-state index is -0.172. The van der Waals surface area contributed by atoms with Crippen molar-refractivity contribution in [3.05, 3.63) is 35.8 Å². The third-order valence-electron chi connectivity index (χ3n) is 2.40. The zero-order valence-electron chi connectivity index (χ0n) is 9.92. The number of nitrogens with zero attached hydrogens (tertiary/aromatic N) is 2. The van der Waals surface area contributed by atoms with E-state index in [2.05, 4.69) is 10.3 Å². The normalized spacial score (nSPS) is 9.44. The van der Waals surface area contributed by atoms with E-state index >= 15 is 0 Å². The van der Waals surface area contributed by atoms with Crippen LogP contribution in [0.2, 0.25) is 0 Å². The average molecular weight is 291 g/mol. The first-order chi connectivity index (χ1) is 7.70. The van der Waals surface area contributed by atoms with Crippen molar-refractivity contribution in [1.29, 1.82) is 0 Å². The molecule has 0 bridgehead atoms. The second-order valence-electron chi connectivity index (χ2n) is 3.61. The molecule has 3 N–H and O–H groups in total. The van der Waals surface area contributed by atoms with E-state index in [9.17, 15) is 4.79 Å². The number of fused-ring (bicyclic) bond motifs is 1. The fourth-order valence-electron chi connectivity index (χ4n) is 1.55. The third-order valence-corrected chi connectivity index (χ3v) is 2.40. The van der Waals surface area contributed by atoms with E-state index in [1.165, 1.54) is 0 Å². The first-order valence-electron chi connectivity index (χ1n) is 5.11. The van der Waals surface area contributed by atoms with Gasteiger partial charge in [-0.2, -0.15) is 0 Å². The Morgan fingerprint density at radius 3 is 2.78 bits per heavy atom. The van der Waals surface area contributed by atoms with E-state index in [0.29, 0.717) is 6.54 Å². The highest BCUT2D eigenvalue weighted by Crippen LogP contribution is 2.07. The fourth-order valence-corrected chi connectivity index (χ4v) is 1.55. The van der Waals surface area contributed by atoms with Crippen molar-refractivity contribution in [3.8, 4) is 0 Å². The SMILES string of the molecule is Cc1cccc2nc(CNC(=O)CN)cn12.Cl.Cl. The number of rotatable bonds is 3. The van der Waals surface area contributed by atoms with E-state index in [0.717, 1.165) is 17.0 Å². The van der Waals surface area contributed by atoms with Crippen molar-refractivity contribution in [3.63, 3.8) is 0 Å². The Balaban J connectivity index is 0.00000144. The maximum atomic E-state index is 11.0. The zero-order chi connectivity index (χ0) is 11.5. The van der Waals surface area contributed by atoms with Gasteiger partial charge in [0, 0.05) is 11.9 Å². The van der Waals surface area contributed by atoms with Crippen molar-refractivity contribution < 1.29 is 4.79 Å². The number of pyridine rings is 1. The maximum absolute atomic E-state index is 11.0. The average Bonchev–Trinajstić information content (AvgIpc) is 2.70. The lowest BCUT2D eigenvalue weighted by Gasteiger charge is -1.98. The van der Waals surface area contributed by atoms with Gasteiger partial charge in [-0.15, -0.1) is 24.8 Å². The monoisotopic (exact) mass is 290 g/mol. The Morgan fingerprint density at radius 1 is 1.44 bits per heavy atom. The lowest BCUT2D eigenvalue weighted by Crippen LogP contribution is -2.29. The number of carbonyl (C=O) groups is 1. The van der Waals surface area contributed by atoms with Crippen molar-refractivity contribution >= 4 is 36.4 Å². The first kappa shape index (κ1) is 16.7. The summed E-state index contributed by atoms with van der Waals surface area (Å²) in [7, 11) is 0. The van der Waals surface area contributed by atoms with E-state index < -0.39 is 0 Å². The Hall–Kier alpha value is -1.30. The summed E-state index contributed by atoms with van der Waals surface area (Å²) >= 11 is 0. The summed E-state index contributed by atoms with van der Waals surface area (Å²) in [6.45, 7) is 2.43. The van der Waals surface area contributed by atoms with Gasteiger partial charge >= 0.3 is 0 Å². The summed E-state index contributed by atoms with van der Waals surface area (Å²) < 4.78 is 1.99. The van der Waals surface area contributed by atoms with Gasteiger partial charge in [0.25, 0.3) is 0 Å². The second-order valence-corrected chi connectivity index (χ2v) is 3.61. The highest BCUT2D eigenvalue weighted by atomic mass is 35.5. The van der Waals surface area contributed by atoms with Crippen LogP contribution in [0.15, 0.2) is 24.4 Å². The maximum Gasteiger partial charge on any atom is 0.234 e. The van der Waals surface area contributed by atoms with Crippen molar-refractivity contribution in [1.82, 2.24) is 14.7 Å². The van der Waals surface area contributed by atoms with Crippen molar-refractivity contribution in [2.24, 2.45) is 5.73 Å². The molecule has 7 heteroatoms. The summed E-state index contributed by atoms with van der Waals surface area (Å²) in [5, 5.41) is 2.69. The Kier molecular flexibility index (Phi) is 6.68. The molecule has 2 heterocycles. The number of hydrogen-bond donors (Lipinski definition) is 2. The number of halogens is 2. The number of aromatic nitrogens is 2. The van der Waals surface area contributed by atoms with E-state index in [-0.39, 0.29) is 37.3 Å². The molecule has 0 radical (unpaired) electrons. The lowest BCUT2D eigenvalue weighted by atomic mass is 10.4. The number of carbonyl (C=O) groups excluding carboxylic acids is 1. The molecule has 0 aromatic carbocycles. The van der Waals surface area contributed by atoms with Gasteiger partial charge in [-0.05, 0) is 19.1 Å². The van der Waals surface area contributed by atoms with Crippen LogP contribution in [0.3, 0.4) is 0 Å². The topological polar surface area (TPSA) is 72.4 Å². The molecular weight excluding hydrogens is 275 g/mol. The van der Waals surface area contributed by atoms with Crippen LogP contribution in [0.1, 0.15) is 11.4 Å². The van der Waals surface area contributed by atoms with Gasteiger partial charge in [-0.3, -0.25) is 4.79 Å². The number of hydrogen-bond acceptors (Lipinski definition) is 3. The second kappa shape index (κ2) is 7.20. The largest absolute Gasteiger partial charge is 0.349 e. The van der Waals surface area contributed by atoms with Gasteiger partial charge in [-0.1, -0.05) is 6.07 Å². The van der Waals surface area contributed by atoms with Crippen molar-refractivity contribution in [2.45, 2.75) is 13.5 Å². The molecule has 0 saturated carbocycles. The lowest BCUT2D eigenvalue weighted by molar-refractivity contribution is -0.119. The summed E-state index contributed by atoms with van der Waals surface area (Å²) in [6.07, 6.45) is 1.92. The van der Waals surface area contributed by atoms with E-state index in [4.69, 9.17) is 5.73 Å². The summed E-state index contributed by atoms with van der Waals surface area (Å²) in [4.78, 5) is 15.4. The minimum Gasteiger partial charge on any atom is -0.349 e. The van der Waals surface area contributed by atoms with Crippen LogP contribution in [-0.4, -0.2) is 21.8 Å². The molecule has 0 aliphatic rings. The van der Waals surface area contributed by atoms with Gasteiger partial charge in [0.15, 0.2) is 0 Å². The number of nitrogens with one attached hydrogen (secondary N) is 1. The van der Waals surface area contributed by atoms with Gasteiger partial charge in [-0.25, -0.2) is 4.98 Å². The first-order valence-corrected chi connectivity index (χ1v) is 5.11. The number of aryl methyl sites for hydroxylation is 1. The molecule has 18 heavy (non-hydrogen) atoms. The van der Waals surface area contributed by atoms with E-state index in [1.54, 1.807) is 0 Å². The fraction of sp³-hybridized carbons (Fsp3) is 0.273. The van der Waals surface area contributed by atoms with Crippen LogP contribution in [0, 0.1) is 6.92 Å². The standard InChI is InChI=1S/C11H14N4O.2ClH/c1-8-3-2-4-10-14-9(7-15(8)10)6-13-11(16)5-12;;/h2-4,7H,5-6,12H2,1H3,(H,13,16);2*1H.